The molecule has 1 aromatic rings. The third-order valence-corrected chi connectivity index (χ3v) is 3.55. The predicted molar refractivity (Wildman–Crippen MR) is 49.1 cm³/mol. The molecule has 1 aliphatic carbocycles. The highest BCUT2D eigenvalue weighted by Gasteiger charge is 2.22. The molecule has 0 radical (unpaired) electrons. The number of aryl methyl sites for hydroxylation is 1. The molecule has 0 saturated carbocycles. The SMILES string of the molecule is NCCC1CCc2ccsc21. The first kappa shape index (κ1) is 7.32. The fourth-order valence-corrected chi connectivity index (χ4v) is 2.98. The highest BCUT2D eigenvalue weighted by atomic mass is 32.1. The number of fused-ring (bicyclic) bond motifs is 1. The first-order valence-electron chi connectivity index (χ1n) is 4.18. The van der Waals surface area contributed by atoms with Crippen LogP contribution in [-0.2, 0) is 6.42 Å². The summed E-state index contributed by atoms with van der Waals surface area (Å²) in [5.41, 5.74) is 7.12. The van der Waals surface area contributed by atoms with Crippen molar-refractivity contribution in [2.75, 3.05) is 6.54 Å². The molecular formula is C9H13NS. The van der Waals surface area contributed by atoms with Crippen LogP contribution in [0.2, 0.25) is 0 Å². The van der Waals surface area contributed by atoms with E-state index in [1.807, 2.05) is 11.3 Å². The van der Waals surface area contributed by atoms with Crippen LogP contribution in [0.1, 0.15) is 29.2 Å². The number of nitrogens with two attached hydrogens (primary N) is 1. The topological polar surface area (TPSA) is 26.0 Å². The lowest BCUT2D eigenvalue weighted by Crippen LogP contribution is -2.03. The van der Waals surface area contributed by atoms with Gasteiger partial charge in [-0.3, -0.25) is 0 Å². The monoisotopic (exact) mass is 167 g/mol. The Morgan fingerprint density at radius 3 is 3.36 bits per heavy atom. The van der Waals surface area contributed by atoms with Gasteiger partial charge in [-0.15, -0.1) is 11.3 Å². The number of thiophene rings is 1. The summed E-state index contributed by atoms with van der Waals surface area (Å²) in [5, 5.41) is 2.20. The number of hydrogen-bond acceptors (Lipinski definition) is 2. The second kappa shape index (κ2) is 2.95. The molecule has 0 aromatic carbocycles. The molecule has 0 amide bonds. The van der Waals surface area contributed by atoms with Crippen molar-refractivity contribution < 1.29 is 0 Å². The van der Waals surface area contributed by atoms with Crippen LogP contribution >= 0.6 is 11.3 Å². The van der Waals surface area contributed by atoms with Gasteiger partial charge in [0.2, 0.25) is 0 Å². The summed E-state index contributed by atoms with van der Waals surface area (Å²) in [7, 11) is 0. The summed E-state index contributed by atoms with van der Waals surface area (Å²) in [5.74, 6) is 0.787. The van der Waals surface area contributed by atoms with Crippen LogP contribution in [0, 0.1) is 0 Å². The fourth-order valence-electron chi connectivity index (χ4n) is 1.85. The van der Waals surface area contributed by atoms with E-state index in [-0.39, 0.29) is 0 Å². The Bertz CT molecular complexity index is 241. The normalized spacial score (nSPS) is 22.1. The van der Waals surface area contributed by atoms with Crippen LogP contribution in [0.3, 0.4) is 0 Å². The lowest BCUT2D eigenvalue weighted by molar-refractivity contribution is 0.633. The van der Waals surface area contributed by atoms with Crippen LogP contribution in [0.15, 0.2) is 11.4 Å². The molecule has 0 bridgehead atoms. The van der Waals surface area contributed by atoms with E-state index >= 15 is 0 Å². The first-order valence-corrected chi connectivity index (χ1v) is 5.06. The van der Waals surface area contributed by atoms with Gasteiger partial charge >= 0.3 is 0 Å². The quantitative estimate of drug-likeness (QED) is 0.717. The van der Waals surface area contributed by atoms with Gasteiger partial charge in [-0.2, -0.15) is 0 Å². The van der Waals surface area contributed by atoms with Crippen LogP contribution in [0.5, 0.6) is 0 Å². The summed E-state index contributed by atoms with van der Waals surface area (Å²) in [6.45, 7) is 0.835. The molecule has 2 heteroatoms. The van der Waals surface area contributed by atoms with E-state index in [2.05, 4.69) is 11.4 Å². The third-order valence-electron chi connectivity index (χ3n) is 2.43. The van der Waals surface area contributed by atoms with E-state index < -0.39 is 0 Å². The molecule has 0 spiro atoms. The summed E-state index contributed by atoms with van der Waals surface area (Å²) in [6.07, 6.45) is 3.79. The molecule has 11 heavy (non-hydrogen) atoms. The maximum atomic E-state index is 5.54. The molecular weight excluding hydrogens is 154 g/mol. The van der Waals surface area contributed by atoms with Crippen LogP contribution in [0.4, 0.5) is 0 Å². The minimum Gasteiger partial charge on any atom is -0.330 e. The van der Waals surface area contributed by atoms with Crippen molar-refractivity contribution in [2.45, 2.75) is 25.2 Å². The smallest absolute Gasteiger partial charge is 0.0109 e. The molecule has 0 fully saturated rings. The second-order valence-electron chi connectivity index (χ2n) is 3.12. The molecule has 60 valence electrons. The van der Waals surface area contributed by atoms with Gasteiger partial charge in [0, 0.05) is 4.88 Å². The minimum atomic E-state index is 0.787. The predicted octanol–water partition coefficient (Wildman–Crippen LogP) is 2.13. The molecule has 1 aliphatic rings. The number of hydrogen-bond donors (Lipinski definition) is 1. The lowest BCUT2D eigenvalue weighted by Gasteiger charge is -2.05. The summed E-state index contributed by atoms with van der Waals surface area (Å²) in [6, 6.07) is 2.26. The van der Waals surface area contributed by atoms with Gasteiger partial charge in [0.05, 0.1) is 0 Å². The van der Waals surface area contributed by atoms with Gasteiger partial charge in [-0.25, -0.2) is 0 Å². The van der Waals surface area contributed by atoms with Crippen LogP contribution in [0.25, 0.3) is 0 Å². The van der Waals surface area contributed by atoms with Gasteiger partial charge < -0.3 is 5.73 Å². The van der Waals surface area contributed by atoms with E-state index in [1.165, 1.54) is 19.3 Å². The maximum Gasteiger partial charge on any atom is 0.0109 e. The van der Waals surface area contributed by atoms with Crippen LogP contribution < -0.4 is 5.73 Å². The van der Waals surface area contributed by atoms with Gasteiger partial charge in [0.15, 0.2) is 0 Å². The van der Waals surface area contributed by atoms with Crippen molar-refractivity contribution in [1.82, 2.24) is 0 Å². The number of rotatable bonds is 2. The second-order valence-corrected chi connectivity index (χ2v) is 4.07. The maximum absolute atomic E-state index is 5.54. The zero-order chi connectivity index (χ0) is 7.68. The lowest BCUT2D eigenvalue weighted by atomic mass is 10.1. The van der Waals surface area contributed by atoms with Gasteiger partial charge in [0.1, 0.15) is 0 Å². The molecule has 1 nitrogen and oxygen atoms in total. The molecule has 1 heterocycles. The molecule has 0 aliphatic heterocycles. The van der Waals surface area contributed by atoms with Crippen molar-refractivity contribution in [1.29, 1.82) is 0 Å². The summed E-state index contributed by atoms with van der Waals surface area (Å²) < 4.78 is 0. The van der Waals surface area contributed by atoms with E-state index in [4.69, 9.17) is 5.73 Å². The average Bonchev–Trinajstić information content (AvgIpc) is 2.53. The van der Waals surface area contributed by atoms with Crippen molar-refractivity contribution in [3.63, 3.8) is 0 Å². The largest absolute Gasteiger partial charge is 0.330 e. The standard InChI is InChI=1S/C9H13NS/c10-5-3-7-1-2-8-4-6-11-9(7)8/h4,6-7H,1-3,5,10H2. The van der Waals surface area contributed by atoms with Gasteiger partial charge in [-0.05, 0) is 48.7 Å². The summed E-state index contributed by atoms with van der Waals surface area (Å²) >= 11 is 1.90. The highest BCUT2D eigenvalue weighted by Crippen LogP contribution is 2.38. The Morgan fingerprint density at radius 2 is 2.55 bits per heavy atom. The van der Waals surface area contributed by atoms with E-state index in [0.29, 0.717) is 0 Å². The Morgan fingerprint density at radius 1 is 1.64 bits per heavy atom. The Balaban J connectivity index is 2.18. The van der Waals surface area contributed by atoms with E-state index in [9.17, 15) is 0 Å². The van der Waals surface area contributed by atoms with Gasteiger partial charge in [-0.1, -0.05) is 0 Å². The Hall–Kier alpha value is -0.340. The van der Waals surface area contributed by atoms with Crippen molar-refractivity contribution in [2.24, 2.45) is 5.73 Å². The first-order chi connectivity index (χ1) is 5.42. The minimum absolute atomic E-state index is 0.787. The van der Waals surface area contributed by atoms with Crippen molar-refractivity contribution in [3.8, 4) is 0 Å². The van der Waals surface area contributed by atoms with E-state index in [1.54, 1.807) is 10.4 Å². The zero-order valence-corrected chi connectivity index (χ0v) is 7.36. The van der Waals surface area contributed by atoms with Crippen molar-refractivity contribution in [3.05, 3.63) is 21.9 Å². The Kier molecular flexibility index (Phi) is 1.96. The van der Waals surface area contributed by atoms with Crippen LogP contribution in [-0.4, -0.2) is 6.54 Å². The Labute approximate surface area is 71.2 Å². The zero-order valence-electron chi connectivity index (χ0n) is 6.55. The molecule has 2 rings (SSSR count). The third kappa shape index (κ3) is 1.21. The molecule has 1 unspecified atom stereocenters. The van der Waals surface area contributed by atoms with Gasteiger partial charge in [0.25, 0.3) is 0 Å². The van der Waals surface area contributed by atoms with E-state index in [0.717, 1.165) is 12.5 Å². The molecule has 1 aromatic heterocycles. The summed E-state index contributed by atoms with van der Waals surface area (Å²) in [4.78, 5) is 1.61. The fraction of sp³-hybridized carbons (Fsp3) is 0.556. The molecule has 2 N–H and O–H groups in total. The van der Waals surface area contributed by atoms with Crippen molar-refractivity contribution >= 4 is 11.3 Å². The highest BCUT2D eigenvalue weighted by molar-refractivity contribution is 7.10. The molecule has 0 saturated heterocycles. The molecule has 1 atom stereocenters. The average molecular weight is 167 g/mol.